The minimum atomic E-state index is -0.164. The molecule has 3 nitrogen and oxygen atoms in total. The number of ether oxygens (including phenoxy) is 1. The summed E-state index contributed by atoms with van der Waals surface area (Å²) < 4.78 is 5.29. The molecule has 3 heteroatoms. The maximum absolute atomic E-state index is 11.5. The molecule has 1 aliphatic carbocycles. The van der Waals surface area contributed by atoms with Crippen LogP contribution in [0.25, 0.3) is 0 Å². The van der Waals surface area contributed by atoms with Gasteiger partial charge in [-0.05, 0) is 31.1 Å². The molecule has 1 saturated carbocycles. The standard InChI is InChI=1S/C10H17NO2/c1-10(4-5-10)7-11-9(12)8-3-2-6-13-8/h8H,2-7H2,1H3,(H,11,12). The Balaban J connectivity index is 1.71. The van der Waals surface area contributed by atoms with Crippen LogP contribution >= 0.6 is 0 Å². The number of hydrogen-bond acceptors (Lipinski definition) is 2. The molecule has 1 N–H and O–H groups in total. The van der Waals surface area contributed by atoms with Crippen molar-refractivity contribution in [3.8, 4) is 0 Å². The third-order valence-corrected chi connectivity index (χ3v) is 3.02. The lowest BCUT2D eigenvalue weighted by Crippen LogP contribution is -2.37. The Hall–Kier alpha value is -0.570. The van der Waals surface area contributed by atoms with Gasteiger partial charge in [0.1, 0.15) is 6.10 Å². The molecule has 0 aromatic carbocycles. The molecule has 1 unspecified atom stereocenters. The molecule has 0 radical (unpaired) electrons. The molecular formula is C10H17NO2. The lowest BCUT2D eigenvalue weighted by atomic mass is 10.1. The van der Waals surface area contributed by atoms with Gasteiger partial charge in [0.2, 0.25) is 5.91 Å². The Kier molecular flexibility index (Phi) is 2.28. The van der Waals surface area contributed by atoms with E-state index in [1.54, 1.807) is 0 Å². The average Bonchev–Trinajstić information content (AvgIpc) is 2.69. The van der Waals surface area contributed by atoms with Crippen molar-refractivity contribution in [1.29, 1.82) is 0 Å². The number of carbonyl (C=O) groups excluding carboxylic acids is 1. The van der Waals surface area contributed by atoms with E-state index in [1.165, 1.54) is 12.8 Å². The molecular weight excluding hydrogens is 166 g/mol. The Bertz CT molecular complexity index is 205. The van der Waals surface area contributed by atoms with Crippen LogP contribution < -0.4 is 5.32 Å². The topological polar surface area (TPSA) is 38.3 Å². The van der Waals surface area contributed by atoms with Crippen molar-refractivity contribution in [1.82, 2.24) is 5.32 Å². The number of amides is 1. The average molecular weight is 183 g/mol. The van der Waals surface area contributed by atoms with E-state index in [0.717, 1.165) is 26.0 Å². The highest BCUT2D eigenvalue weighted by molar-refractivity contribution is 5.81. The molecule has 13 heavy (non-hydrogen) atoms. The zero-order valence-corrected chi connectivity index (χ0v) is 8.14. The molecule has 0 bridgehead atoms. The van der Waals surface area contributed by atoms with Crippen molar-refractivity contribution >= 4 is 5.91 Å². The summed E-state index contributed by atoms with van der Waals surface area (Å²) in [5.41, 5.74) is 0.397. The van der Waals surface area contributed by atoms with Gasteiger partial charge in [0.05, 0.1) is 0 Å². The number of carbonyl (C=O) groups is 1. The summed E-state index contributed by atoms with van der Waals surface area (Å²) in [6, 6.07) is 0. The van der Waals surface area contributed by atoms with Crippen LogP contribution in [0.2, 0.25) is 0 Å². The number of nitrogens with one attached hydrogen (secondary N) is 1. The van der Waals surface area contributed by atoms with E-state index in [1.807, 2.05) is 0 Å². The minimum Gasteiger partial charge on any atom is -0.368 e. The lowest BCUT2D eigenvalue weighted by Gasteiger charge is -2.13. The van der Waals surface area contributed by atoms with E-state index in [-0.39, 0.29) is 12.0 Å². The van der Waals surface area contributed by atoms with Gasteiger partial charge in [-0.15, -0.1) is 0 Å². The molecule has 0 aromatic rings. The van der Waals surface area contributed by atoms with Gasteiger partial charge in [0.15, 0.2) is 0 Å². The first-order valence-electron chi connectivity index (χ1n) is 5.09. The molecule has 74 valence electrons. The van der Waals surface area contributed by atoms with Gasteiger partial charge in [-0.2, -0.15) is 0 Å². The molecule has 0 spiro atoms. The summed E-state index contributed by atoms with van der Waals surface area (Å²) in [5.74, 6) is 0.0885. The highest BCUT2D eigenvalue weighted by atomic mass is 16.5. The van der Waals surface area contributed by atoms with Crippen LogP contribution in [0.5, 0.6) is 0 Å². The molecule has 2 rings (SSSR count). The van der Waals surface area contributed by atoms with E-state index >= 15 is 0 Å². The Morgan fingerprint density at radius 3 is 2.92 bits per heavy atom. The molecule has 1 saturated heterocycles. The van der Waals surface area contributed by atoms with Crippen molar-refractivity contribution in [2.24, 2.45) is 5.41 Å². The molecule has 1 heterocycles. The van der Waals surface area contributed by atoms with E-state index in [2.05, 4.69) is 12.2 Å². The van der Waals surface area contributed by atoms with Crippen molar-refractivity contribution in [3.05, 3.63) is 0 Å². The van der Waals surface area contributed by atoms with E-state index < -0.39 is 0 Å². The third-order valence-electron chi connectivity index (χ3n) is 3.02. The predicted octanol–water partition coefficient (Wildman–Crippen LogP) is 1.08. The molecule has 2 fully saturated rings. The molecule has 2 aliphatic rings. The Labute approximate surface area is 78.8 Å². The van der Waals surface area contributed by atoms with Crippen molar-refractivity contribution in [2.45, 2.75) is 38.7 Å². The second kappa shape index (κ2) is 3.29. The van der Waals surface area contributed by atoms with Gasteiger partial charge in [0.25, 0.3) is 0 Å². The summed E-state index contributed by atoms with van der Waals surface area (Å²) in [6.07, 6.45) is 4.25. The number of hydrogen-bond donors (Lipinski definition) is 1. The highest BCUT2D eigenvalue weighted by Crippen LogP contribution is 2.44. The van der Waals surface area contributed by atoms with Gasteiger partial charge >= 0.3 is 0 Å². The van der Waals surface area contributed by atoms with Crippen molar-refractivity contribution in [2.75, 3.05) is 13.2 Å². The van der Waals surface area contributed by atoms with Gasteiger partial charge < -0.3 is 10.1 Å². The second-order valence-corrected chi connectivity index (χ2v) is 4.53. The van der Waals surface area contributed by atoms with Crippen LogP contribution in [0.3, 0.4) is 0 Å². The van der Waals surface area contributed by atoms with Crippen LogP contribution in [-0.4, -0.2) is 25.2 Å². The van der Waals surface area contributed by atoms with Crippen LogP contribution in [-0.2, 0) is 9.53 Å². The molecule has 1 amide bonds. The fraction of sp³-hybridized carbons (Fsp3) is 0.900. The zero-order chi connectivity index (χ0) is 9.31. The van der Waals surface area contributed by atoms with Gasteiger partial charge in [-0.1, -0.05) is 6.92 Å². The van der Waals surface area contributed by atoms with Crippen molar-refractivity contribution < 1.29 is 9.53 Å². The second-order valence-electron chi connectivity index (χ2n) is 4.53. The number of rotatable bonds is 3. The fourth-order valence-electron chi connectivity index (χ4n) is 1.59. The molecule has 1 atom stereocenters. The van der Waals surface area contributed by atoms with Gasteiger partial charge in [-0.3, -0.25) is 4.79 Å². The highest BCUT2D eigenvalue weighted by Gasteiger charge is 2.38. The predicted molar refractivity (Wildman–Crippen MR) is 49.3 cm³/mol. The summed E-state index contributed by atoms with van der Waals surface area (Å²) in [6.45, 7) is 3.78. The zero-order valence-electron chi connectivity index (χ0n) is 8.14. The summed E-state index contributed by atoms with van der Waals surface area (Å²) >= 11 is 0. The van der Waals surface area contributed by atoms with E-state index in [9.17, 15) is 4.79 Å². The van der Waals surface area contributed by atoms with E-state index in [0.29, 0.717) is 5.41 Å². The summed E-state index contributed by atoms with van der Waals surface area (Å²) in [4.78, 5) is 11.5. The smallest absolute Gasteiger partial charge is 0.249 e. The Morgan fingerprint density at radius 2 is 2.38 bits per heavy atom. The first-order valence-corrected chi connectivity index (χ1v) is 5.09. The maximum atomic E-state index is 11.5. The summed E-state index contributed by atoms with van der Waals surface area (Å²) in [5, 5.41) is 2.96. The Morgan fingerprint density at radius 1 is 1.62 bits per heavy atom. The molecule has 1 aliphatic heterocycles. The fourth-order valence-corrected chi connectivity index (χ4v) is 1.59. The first-order chi connectivity index (χ1) is 6.20. The first kappa shape index (κ1) is 9.00. The minimum absolute atomic E-state index is 0.0885. The van der Waals surface area contributed by atoms with Crippen LogP contribution in [0.4, 0.5) is 0 Å². The normalized spacial score (nSPS) is 30.1. The SMILES string of the molecule is CC1(CNC(=O)C2CCCO2)CC1. The van der Waals surface area contributed by atoms with Crippen LogP contribution in [0.1, 0.15) is 32.6 Å². The quantitative estimate of drug-likeness (QED) is 0.711. The van der Waals surface area contributed by atoms with Gasteiger partial charge in [-0.25, -0.2) is 0 Å². The maximum Gasteiger partial charge on any atom is 0.249 e. The van der Waals surface area contributed by atoms with Crippen LogP contribution in [0, 0.1) is 5.41 Å². The van der Waals surface area contributed by atoms with Crippen LogP contribution in [0.15, 0.2) is 0 Å². The summed E-state index contributed by atoms with van der Waals surface area (Å²) in [7, 11) is 0. The third kappa shape index (κ3) is 2.21. The van der Waals surface area contributed by atoms with E-state index in [4.69, 9.17) is 4.74 Å². The van der Waals surface area contributed by atoms with Gasteiger partial charge in [0, 0.05) is 13.2 Å². The van der Waals surface area contributed by atoms with Crippen molar-refractivity contribution in [3.63, 3.8) is 0 Å². The largest absolute Gasteiger partial charge is 0.368 e. The molecule has 0 aromatic heterocycles. The lowest BCUT2D eigenvalue weighted by molar-refractivity contribution is -0.130. The monoisotopic (exact) mass is 183 g/mol.